The van der Waals surface area contributed by atoms with Crippen LogP contribution in [0.3, 0.4) is 0 Å². The van der Waals surface area contributed by atoms with Crippen molar-refractivity contribution >= 4 is 5.91 Å². The average molecular weight is 286 g/mol. The van der Waals surface area contributed by atoms with Gasteiger partial charge in [0.2, 0.25) is 0 Å². The smallest absolute Gasteiger partial charge is 0.260 e. The number of benzene rings is 1. The zero-order valence-corrected chi connectivity index (χ0v) is 12.0. The van der Waals surface area contributed by atoms with Gasteiger partial charge in [0, 0.05) is 19.3 Å². The summed E-state index contributed by atoms with van der Waals surface area (Å²) in [6.07, 6.45) is 4.40. The minimum absolute atomic E-state index is 0.0131. The van der Waals surface area contributed by atoms with Gasteiger partial charge in [-0.2, -0.15) is 0 Å². The molecule has 21 heavy (non-hydrogen) atoms. The third kappa shape index (κ3) is 3.21. The van der Waals surface area contributed by atoms with Gasteiger partial charge >= 0.3 is 0 Å². The van der Waals surface area contributed by atoms with Gasteiger partial charge in [0.15, 0.2) is 6.61 Å². The Labute approximate surface area is 123 Å². The van der Waals surface area contributed by atoms with E-state index >= 15 is 0 Å². The first kappa shape index (κ1) is 13.6. The number of aromatic nitrogens is 3. The van der Waals surface area contributed by atoms with Crippen LogP contribution in [0, 0.1) is 6.92 Å². The predicted molar refractivity (Wildman–Crippen MR) is 76.9 cm³/mol. The summed E-state index contributed by atoms with van der Waals surface area (Å²) in [4.78, 5) is 14.0. The summed E-state index contributed by atoms with van der Waals surface area (Å²) in [7, 11) is 0. The Bertz CT molecular complexity index is 612. The lowest BCUT2D eigenvalue weighted by Crippen LogP contribution is -2.33. The largest absolute Gasteiger partial charge is 0.484 e. The second-order valence-electron chi connectivity index (χ2n) is 5.27. The van der Waals surface area contributed by atoms with Gasteiger partial charge < -0.3 is 9.64 Å². The molecule has 110 valence electrons. The highest BCUT2D eigenvalue weighted by Crippen LogP contribution is 2.20. The molecule has 1 aliphatic rings. The Morgan fingerprint density at radius 2 is 2.38 bits per heavy atom. The van der Waals surface area contributed by atoms with E-state index < -0.39 is 0 Å². The minimum Gasteiger partial charge on any atom is -0.484 e. The zero-order chi connectivity index (χ0) is 14.7. The molecule has 0 N–H and O–H groups in total. The lowest BCUT2D eigenvalue weighted by Gasteiger charge is -2.17. The molecule has 1 aromatic carbocycles. The molecule has 1 amide bonds. The Morgan fingerprint density at radius 1 is 1.48 bits per heavy atom. The van der Waals surface area contributed by atoms with Crippen LogP contribution in [0.2, 0.25) is 0 Å². The molecule has 1 aliphatic heterocycles. The number of carbonyl (C=O) groups excluding carboxylic acids is 1. The summed E-state index contributed by atoms with van der Waals surface area (Å²) in [5.74, 6) is 0.745. The van der Waals surface area contributed by atoms with Crippen LogP contribution in [-0.4, -0.2) is 45.5 Å². The quantitative estimate of drug-likeness (QED) is 0.853. The van der Waals surface area contributed by atoms with E-state index in [0.29, 0.717) is 6.54 Å². The van der Waals surface area contributed by atoms with Gasteiger partial charge in [-0.15, -0.1) is 5.10 Å². The fourth-order valence-corrected chi connectivity index (χ4v) is 2.54. The van der Waals surface area contributed by atoms with Crippen molar-refractivity contribution in [3.63, 3.8) is 0 Å². The maximum atomic E-state index is 12.2. The average Bonchev–Trinajstić information content (AvgIpc) is 3.15. The first-order chi connectivity index (χ1) is 10.2. The van der Waals surface area contributed by atoms with E-state index in [1.807, 2.05) is 47.0 Å². The molecule has 3 rings (SSSR count). The molecule has 1 aromatic heterocycles. The molecule has 0 radical (unpaired) electrons. The summed E-state index contributed by atoms with van der Waals surface area (Å²) in [6.45, 7) is 3.48. The number of amides is 1. The topological polar surface area (TPSA) is 60.2 Å². The SMILES string of the molecule is Cc1cccc(OCC(=O)N2CCC(n3ccnn3)C2)c1. The molecule has 2 aromatic rings. The van der Waals surface area contributed by atoms with Gasteiger partial charge in [0.05, 0.1) is 12.2 Å². The van der Waals surface area contributed by atoms with E-state index in [0.717, 1.165) is 24.3 Å². The highest BCUT2D eigenvalue weighted by atomic mass is 16.5. The number of likely N-dealkylation sites (tertiary alicyclic amines) is 1. The predicted octanol–water partition coefficient (Wildman–Crippen LogP) is 1.44. The van der Waals surface area contributed by atoms with E-state index in [1.165, 1.54) is 0 Å². The first-order valence-corrected chi connectivity index (χ1v) is 7.05. The minimum atomic E-state index is 0.0131. The Kier molecular flexibility index (Phi) is 3.85. The van der Waals surface area contributed by atoms with Gasteiger partial charge in [-0.3, -0.25) is 4.79 Å². The van der Waals surface area contributed by atoms with Gasteiger partial charge in [-0.05, 0) is 31.0 Å². The highest BCUT2D eigenvalue weighted by molar-refractivity contribution is 5.78. The van der Waals surface area contributed by atoms with Gasteiger partial charge in [-0.25, -0.2) is 4.68 Å². The lowest BCUT2D eigenvalue weighted by atomic mass is 10.2. The van der Waals surface area contributed by atoms with Crippen LogP contribution in [0.4, 0.5) is 0 Å². The normalized spacial score (nSPS) is 18.0. The van der Waals surface area contributed by atoms with Crippen LogP contribution < -0.4 is 4.74 Å². The van der Waals surface area contributed by atoms with Crippen molar-refractivity contribution in [1.82, 2.24) is 19.9 Å². The molecule has 1 saturated heterocycles. The molecule has 6 nitrogen and oxygen atoms in total. The van der Waals surface area contributed by atoms with Crippen LogP contribution in [0.15, 0.2) is 36.7 Å². The van der Waals surface area contributed by atoms with E-state index in [-0.39, 0.29) is 18.6 Å². The number of rotatable bonds is 4. The summed E-state index contributed by atoms with van der Waals surface area (Å²) in [5, 5.41) is 7.80. The van der Waals surface area contributed by atoms with Crippen LogP contribution in [0.5, 0.6) is 5.75 Å². The fraction of sp³-hybridized carbons (Fsp3) is 0.400. The number of nitrogens with zero attached hydrogens (tertiary/aromatic N) is 4. The Morgan fingerprint density at radius 3 is 3.14 bits per heavy atom. The molecule has 1 atom stereocenters. The van der Waals surface area contributed by atoms with Crippen LogP contribution >= 0.6 is 0 Å². The van der Waals surface area contributed by atoms with Crippen LogP contribution in [0.1, 0.15) is 18.0 Å². The second-order valence-corrected chi connectivity index (χ2v) is 5.27. The molecule has 0 saturated carbocycles. The van der Waals surface area contributed by atoms with Crippen molar-refractivity contribution < 1.29 is 9.53 Å². The maximum Gasteiger partial charge on any atom is 0.260 e. The summed E-state index contributed by atoms with van der Waals surface area (Å²) in [5.41, 5.74) is 1.12. The number of aryl methyl sites for hydroxylation is 1. The van der Waals surface area contributed by atoms with E-state index in [1.54, 1.807) is 6.20 Å². The third-order valence-electron chi connectivity index (χ3n) is 3.68. The molecule has 6 heteroatoms. The van der Waals surface area contributed by atoms with Crippen molar-refractivity contribution in [2.24, 2.45) is 0 Å². The molecule has 0 bridgehead atoms. The van der Waals surface area contributed by atoms with E-state index in [9.17, 15) is 4.79 Å². The molecule has 1 unspecified atom stereocenters. The number of carbonyl (C=O) groups is 1. The van der Waals surface area contributed by atoms with Crippen molar-refractivity contribution in [3.05, 3.63) is 42.2 Å². The van der Waals surface area contributed by atoms with Gasteiger partial charge in [0.25, 0.3) is 5.91 Å². The van der Waals surface area contributed by atoms with Crippen molar-refractivity contribution in [1.29, 1.82) is 0 Å². The summed E-state index contributed by atoms with van der Waals surface area (Å²) >= 11 is 0. The standard InChI is InChI=1S/C15H18N4O2/c1-12-3-2-4-14(9-12)21-11-15(20)18-7-5-13(10-18)19-8-6-16-17-19/h2-4,6,8-9,13H,5,7,10-11H2,1H3. The second kappa shape index (κ2) is 5.95. The first-order valence-electron chi connectivity index (χ1n) is 7.05. The van der Waals surface area contributed by atoms with Gasteiger partial charge in [0.1, 0.15) is 5.75 Å². The fourth-order valence-electron chi connectivity index (χ4n) is 2.54. The molecule has 0 aliphatic carbocycles. The van der Waals surface area contributed by atoms with Gasteiger partial charge in [-0.1, -0.05) is 17.3 Å². The molecule has 2 heterocycles. The monoisotopic (exact) mass is 286 g/mol. The van der Waals surface area contributed by atoms with Crippen LogP contribution in [-0.2, 0) is 4.79 Å². The van der Waals surface area contributed by atoms with Crippen molar-refractivity contribution in [2.45, 2.75) is 19.4 Å². The van der Waals surface area contributed by atoms with E-state index in [2.05, 4.69) is 10.3 Å². The molecule has 1 fully saturated rings. The number of hydrogen-bond acceptors (Lipinski definition) is 4. The van der Waals surface area contributed by atoms with Crippen LogP contribution in [0.25, 0.3) is 0 Å². The summed E-state index contributed by atoms with van der Waals surface area (Å²) in [6, 6.07) is 7.93. The number of hydrogen-bond donors (Lipinski definition) is 0. The Hall–Kier alpha value is -2.37. The molecule has 0 spiro atoms. The molecular formula is C15H18N4O2. The lowest BCUT2D eigenvalue weighted by molar-refractivity contribution is -0.132. The maximum absolute atomic E-state index is 12.2. The molecular weight excluding hydrogens is 268 g/mol. The summed E-state index contributed by atoms with van der Waals surface area (Å²) < 4.78 is 7.38. The third-order valence-corrected chi connectivity index (χ3v) is 3.68. The van der Waals surface area contributed by atoms with Crippen molar-refractivity contribution in [3.8, 4) is 5.75 Å². The van der Waals surface area contributed by atoms with E-state index in [4.69, 9.17) is 4.74 Å². The van der Waals surface area contributed by atoms with Crippen molar-refractivity contribution in [2.75, 3.05) is 19.7 Å². The Balaban J connectivity index is 1.52. The zero-order valence-electron chi connectivity index (χ0n) is 12.0. The number of ether oxygens (including phenoxy) is 1. The highest BCUT2D eigenvalue weighted by Gasteiger charge is 2.27.